The van der Waals surface area contributed by atoms with Crippen molar-refractivity contribution in [2.75, 3.05) is 26.2 Å². The Hall–Kier alpha value is -2.04. The number of rotatable bonds is 2. The Balaban J connectivity index is 3.23. The molecule has 1 aromatic rings. The minimum atomic E-state index is -0.904. The van der Waals surface area contributed by atoms with Crippen molar-refractivity contribution >= 4 is 17.6 Å². The van der Waals surface area contributed by atoms with Gasteiger partial charge in [-0.05, 0) is 31.0 Å². The number of esters is 1. The van der Waals surface area contributed by atoms with Crippen LogP contribution in [0.5, 0.6) is 5.75 Å². The zero-order valence-corrected chi connectivity index (χ0v) is 11.2. The predicted octanol–water partition coefficient (Wildman–Crippen LogP) is 1.45. The predicted molar refractivity (Wildman–Crippen MR) is 67.9 cm³/mol. The second kappa shape index (κ2) is 5.53. The monoisotopic (exact) mass is 251 g/mol. The normalized spacial score (nSPS) is 9.83. The maximum Gasteiger partial charge on any atom is 0.397 e. The third-order valence-corrected chi connectivity index (χ3v) is 2.63. The SMILES string of the molecule is COC(=O)C(=O)N(C)c1cc(C)cc(C)c1OC. The molecule has 5 nitrogen and oxygen atoms in total. The van der Waals surface area contributed by atoms with Crippen molar-refractivity contribution in [2.24, 2.45) is 0 Å². The van der Waals surface area contributed by atoms with Gasteiger partial charge in [-0.25, -0.2) is 4.79 Å². The highest BCUT2D eigenvalue weighted by molar-refractivity contribution is 6.38. The van der Waals surface area contributed by atoms with Gasteiger partial charge in [0.1, 0.15) is 5.75 Å². The van der Waals surface area contributed by atoms with E-state index in [1.165, 1.54) is 26.2 Å². The minimum Gasteiger partial charge on any atom is -0.494 e. The summed E-state index contributed by atoms with van der Waals surface area (Å²) in [6, 6.07) is 3.73. The van der Waals surface area contributed by atoms with Crippen LogP contribution in [-0.2, 0) is 14.3 Å². The van der Waals surface area contributed by atoms with Gasteiger partial charge >= 0.3 is 11.9 Å². The molecule has 98 valence electrons. The van der Waals surface area contributed by atoms with E-state index in [0.717, 1.165) is 11.1 Å². The van der Waals surface area contributed by atoms with Crippen LogP contribution < -0.4 is 9.64 Å². The van der Waals surface area contributed by atoms with E-state index in [-0.39, 0.29) is 0 Å². The molecule has 0 aliphatic rings. The lowest BCUT2D eigenvalue weighted by Gasteiger charge is -2.20. The fourth-order valence-corrected chi connectivity index (χ4v) is 1.78. The molecule has 0 N–H and O–H groups in total. The highest BCUT2D eigenvalue weighted by Crippen LogP contribution is 2.32. The van der Waals surface area contributed by atoms with Crippen LogP contribution in [0.25, 0.3) is 0 Å². The lowest BCUT2D eigenvalue weighted by molar-refractivity contribution is -0.151. The van der Waals surface area contributed by atoms with Crippen LogP contribution in [0.4, 0.5) is 5.69 Å². The first-order valence-electron chi connectivity index (χ1n) is 5.43. The van der Waals surface area contributed by atoms with Gasteiger partial charge in [-0.15, -0.1) is 0 Å². The standard InChI is InChI=1S/C13H17NO4/c1-8-6-9(2)11(17-4)10(7-8)14(3)12(15)13(16)18-5/h6-7H,1-5H3. The molecule has 0 aliphatic carbocycles. The highest BCUT2D eigenvalue weighted by Gasteiger charge is 2.23. The number of likely N-dealkylation sites (N-methyl/N-ethyl adjacent to an activating group) is 1. The van der Waals surface area contributed by atoms with Gasteiger partial charge in [0, 0.05) is 7.05 Å². The number of amides is 1. The Morgan fingerprint density at radius 3 is 2.28 bits per heavy atom. The Morgan fingerprint density at radius 1 is 1.17 bits per heavy atom. The molecule has 18 heavy (non-hydrogen) atoms. The Bertz CT molecular complexity index is 482. The molecule has 0 saturated carbocycles. The number of anilines is 1. The molecule has 0 fully saturated rings. The van der Waals surface area contributed by atoms with Crippen LogP contribution in [0.1, 0.15) is 11.1 Å². The lowest BCUT2D eigenvalue weighted by atomic mass is 10.1. The van der Waals surface area contributed by atoms with Gasteiger partial charge in [-0.1, -0.05) is 6.07 Å². The zero-order chi connectivity index (χ0) is 13.9. The molecule has 0 spiro atoms. The molecule has 0 unspecified atom stereocenters. The van der Waals surface area contributed by atoms with Gasteiger partial charge in [0.15, 0.2) is 0 Å². The summed E-state index contributed by atoms with van der Waals surface area (Å²) < 4.78 is 9.69. The average molecular weight is 251 g/mol. The van der Waals surface area contributed by atoms with Crippen molar-refractivity contribution in [3.05, 3.63) is 23.3 Å². The highest BCUT2D eigenvalue weighted by atomic mass is 16.5. The average Bonchev–Trinajstić information content (AvgIpc) is 2.35. The van der Waals surface area contributed by atoms with E-state index in [9.17, 15) is 9.59 Å². The summed E-state index contributed by atoms with van der Waals surface area (Å²) in [6.07, 6.45) is 0. The molecule has 0 saturated heterocycles. The van der Waals surface area contributed by atoms with Crippen LogP contribution in [0.2, 0.25) is 0 Å². The second-order valence-corrected chi connectivity index (χ2v) is 3.99. The van der Waals surface area contributed by atoms with E-state index in [0.29, 0.717) is 11.4 Å². The van der Waals surface area contributed by atoms with Crippen molar-refractivity contribution in [1.82, 2.24) is 0 Å². The van der Waals surface area contributed by atoms with E-state index >= 15 is 0 Å². The maximum absolute atomic E-state index is 11.8. The van der Waals surface area contributed by atoms with Gasteiger partial charge in [0.05, 0.1) is 19.9 Å². The number of hydrogen-bond donors (Lipinski definition) is 0. The van der Waals surface area contributed by atoms with E-state index < -0.39 is 11.9 Å². The number of methoxy groups -OCH3 is 2. The Morgan fingerprint density at radius 2 is 1.78 bits per heavy atom. The van der Waals surface area contributed by atoms with Crippen molar-refractivity contribution < 1.29 is 19.1 Å². The van der Waals surface area contributed by atoms with Gasteiger partial charge in [-0.3, -0.25) is 4.79 Å². The molecule has 0 radical (unpaired) electrons. The summed E-state index contributed by atoms with van der Waals surface area (Å²) >= 11 is 0. The topological polar surface area (TPSA) is 55.8 Å². The van der Waals surface area contributed by atoms with E-state index in [2.05, 4.69) is 4.74 Å². The number of nitrogens with zero attached hydrogens (tertiary/aromatic N) is 1. The van der Waals surface area contributed by atoms with Crippen LogP contribution in [0, 0.1) is 13.8 Å². The summed E-state index contributed by atoms with van der Waals surface area (Å²) in [4.78, 5) is 24.2. The molecule has 1 rings (SSSR count). The van der Waals surface area contributed by atoms with E-state index in [4.69, 9.17) is 4.74 Å². The summed E-state index contributed by atoms with van der Waals surface area (Å²) in [5.41, 5.74) is 2.43. The fraction of sp³-hybridized carbons (Fsp3) is 0.385. The third kappa shape index (κ3) is 2.61. The maximum atomic E-state index is 11.8. The second-order valence-electron chi connectivity index (χ2n) is 3.99. The van der Waals surface area contributed by atoms with Gasteiger partial charge < -0.3 is 14.4 Å². The van der Waals surface area contributed by atoms with Crippen molar-refractivity contribution in [2.45, 2.75) is 13.8 Å². The van der Waals surface area contributed by atoms with Crippen molar-refractivity contribution in [3.63, 3.8) is 0 Å². The van der Waals surface area contributed by atoms with Crippen molar-refractivity contribution in [1.29, 1.82) is 0 Å². The number of carbonyl (C=O) groups is 2. The number of carbonyl (C=O) groups excluding carboxylic acids is 2. The first kappa shape index (κ1) is 14.0. The number of benzene rings is 1. The summed E-state index contributed by atoms with van der Waals surface area (Å²) in [5.74, 6) is -1.07. The molecule has 1 amide bonds. The van der Waals surface area contributed by atoms with Crippen LogP contribution in [0.15, 0.2) is 12.1 Å². The van der Waals surface area contributed by atoms with E-state index in [1.807, 2.05) is 19.9 Å². The first-order valence-corrected chi connectivity index (χ1v) is 5.43. The third-order valence-electron chi connectivity index (χ3n) is 2.63. The molecular formula is C13H17NO4. The van der Waals surface area contributed by atoms with Crippen LogP contribution in [-0.4, -0.2) is 33.1 Å². The molecule has 5 heteroatoms. The van der Waals surface area contributed by atoms with Crippen LogP contribution in [0.3, 0.4) is 0 Å². The largest absolute Gasteiger partial charge is 0.494 e. The molecular weight excluding hydrogens is 234 g/mol. The molecule has 0 atom stereocenters. The first-order chi connectivity index (χ1) is 8.42. The molecule has 0 heterocycles. The zero-order valence-electron chi connectivity index (χ0n) is 11.2. The number of aryl methyl sites for hydroxylation is 2. The van der Waals surface area contributed by atoms with Crippen LogP contribution >= 0.6 is 0 Å². The summed E-state index contributed by atoms with van der Waals surface area (Å²) in [5, 5.41) is 0. The molecule has 1 aromatic carbocycles. The summed E-state index contributed by atoms with van der Waals surface area (Å²) in [6.45, 7) is 3.79. The fourth-order valence-electron chi connectivity index (χ4n) is 1.78. The van der Waals surface area contributed by atoms with Gasteiger partial charge in [-0.2, -0.15) is 0 Å². The Kier molecular flexibility index (Phi) is 4.31. The van der Waals surface area contributed by atoms with Crippen molar-refractivity contribution in [3.8, 4) is 5.75 Å². The number of ether oxygens (including phenoxy) is 2. The van der Waals surface area contributed by atoms with E-state index in [1.54, 1.807) is 6.07 Å². The molecule has 0 aromatic heterocycles. The lowest BCUT2D eigenvalue weighted by Crippen LogP contribution is -2.34. The minimum absolute atomic E-state index is 0.547. The quantitative estimate of drug-likeness (QED) is 0.589. The summed E-state index contributed by atoms with van der Waals surface area (Å²) in [7, 11) is 4.21. The molecule has 0 aliphatic heterocycles. The number of hydrogen-bond acceptors (Lipinski definition) is 4. The van der Waals surface area contributed by atoms with Gasteiger partial charge in [0.2, 0.25) is 0 Å². The Labute approximate surface area is 106 Å². The smallest absolute Gasteiger partial charge is 0.397 e. The van der Waals surface area contributed by atoms with Gasteiger partial charge in [0.25, 0.3) is 0 Å². The molecule has 0 bridgehead atoms.